The van der Waals surface area contributed by atoms with E-state index >= 15 is 0 Å². The molecule has 0 aromatic carbocycles. The van der Waals surface area contributed by atoms with Gasteiger partial charge in [0, 0.05) is 34.2 Å². The van der Waals surface area contributed by atoms with Crippen LogP contribution in [0.4, 0.5) is 11.9 Å². The fraction of sp³-hybridized carbons (Fsp3) is 0.903. The third kappa shape index (κ3) is 6.83. The standard InChI is InChI=1S/C31H58ClN7/c1-13-15-17-21-23(19-28(3,4)38(11)30(21,7)8)33-26-35-25(32)36-27(37-26)34-24-20-29(5,6)39(12)31(9,10)22(24)18-16-14-2/h21-24H,13-20H2,1-12H3,(H2,33,34,35,36,37). The maximum atomic E-state index is 6.54. The molecular formula is C31H58ClN7. The monoisotopic (exact) mass is 563 g/mol. The van der Waals surface area contributed by atoms with E-state index < -0.39 is 0 Å². The van der Waals surface area contributed by atoms with Crippen molar-refractivity contribution in [3.8, 4) is 0 Å². The van der Waals surface area contributed by atoms with Gasteiger partial charge >= 0.3 is 0 Å². The number of nitrogens with one attached hydrogen (secondary N) is 2. The molecule has 2 saturated heterocycles. The number of rotatable bonds is 10. The van der Waals surface area contributed by atoms with Gasteiger partial charge in [0.05, 0.1) is 0 Å². The van der Waals surface area contributed by atoms with E-state index in [0.29, 0.717) is 23.7 Å². The number of nitrogens with zero attached hydrogens (tertiary/aromatic N) is 5. The van der Waals surface area contributed by atoms with Gasteiger partial charge in [0.2, 0.25) is 17.2 Å². The van der Waals surface area contributed by atoms with Crippen LogP contribution >= 0.6 is 11.6 Å². The molecule has 1 aromatic rings. The van der Waals surface area contributed by atoms with Crippen LogP contribution in [0.25, 0.3) is 0 Å². The van der Waals surface area contributed by atoms with Gasteiger partial charge in [0.25, 0.3) is 0 Å². The second-order valence-corrected chi connectivity index (χ2v) is 15.0. The Morgan fingerprint density at radius 3 is 1.38 bits per heavy atom. The molecule has 7 nitrogen and oxygen atoms in total. The van der Waals surface area contributed by atoms with E-state index in [2.05, 4.69) is 114 Å². The van der Waals surface area contributed by atoms with Gasteiger partial charge in [-0.2, -0.15) is 15.0 Å². The van der Waals surface area contributed by atoms with Crippen LogP contribution in [0.15, 0.2) is 0 Å². The summed E-state index contributed by atoms with van der Waals surface area (Å²) >= 11 is 6.54. The van der Waals surface area contributed by atoms with Gasteiger partial charge in [-0.15, -0.1) is 0 Å². The summed E-state index contributed by atoms with van der Waals surface area (Å²) in [6.45, 7) is 23.4. The van der Waals surface area contributed by atoms with Crippen molar-refractivity contribution in [3.05, 3.63) is 5.28 Å². The highest BCUT2D eigenvalue weighted by atomic mass is 35.5. The Kier molecular flexibility index (Phi) is 9.93. The van der Waals surface area contributed by atoms with Crippen molar-refractivity contribution in [2.75, 3.05) is 24.7 Å². The Labute approximate surface area is 244 Å². The van der Waals surface area contributed by atoms with Crippen LogP contribution in [0.3, 0.4) is 0 Å². The molecule has 1 aromatic heterocycles. The maximum absolute atomic E-state index is 6.54. The van der Waals surface area contributed by atoms with Crippen molar-refractivity contribution in [1.82, 2.24) is 24.8 Å². The molecule has 0 amide bonds. The minimum absolute atomic E-state index is 0.0459. The van der Waals surface area contributed by atoms with Gasteiger partial charge < -0.3 is 10.6 Å². The average molecular weight is 564 g/mol. The summed E-state index contributed by atoms with van der Waals surface area (Å²) in [7, 11) is 4.55. The highest BCUT2D eigenvalue weighted by Crippen LogP contribution is 2.45. The zero-order valence-corrected chi connectivity index (χ0v) is 27.8. The second-order valence-electron chi connectivity index (χ2n) is 14.7. The average Bonchev–Trinajstić information content (AvgIpc) is 2.80. The van der Waals surface area contributed by atoms with Crippen LogP contribution in [0.1, 0.15) is 121 Å². The summed E-state index contributed by atoms with van der Waals surface area (Å²) in [4.78, 5) is 19.2. The van der Waals surface area contributed by atoms with Crippen molar-refractivity contribution in [3.63, 3.8) is 0 Å². The zero-order chi connectivity index (χ0) is 29.4. The Balaban J connectivity index is 1.90. The Hall–Kier alpha value is -1.18. The zero-order valence-electron chi connectivity index (χ0n) is 27.1. The third-order valence-electron chi connectivity index (χ3n) is 10.7. The van der Waals surface area contributed by atoms with Crippen molar-refractivity contribution in [1.29, 1.82) is 0 Å². The number of aromatic nitrogens is 3. The summed E-state index contributed by atoms with van der Waals surface area (Å²) < 4.78 is 0. The molecule has 2 aliphatic rings. The van der Waals surface area contributed by atoms with Crippen molar-refractivity contribution in [2.24, 2.45) is 11.8 Å². The third-order valence-corrected chi connectivity index (χ3v) is 10.9. The van der Waals surface area contributed by atoms with Crippen molar-refractivity contribution >= 4 is 23.5 Å². The molecule has 4 atom stereocenters. The first-order chi connectivity index (χ1) is 18.0. The summed E-state index contributed by atoms with van der Waals surface area (Å²) in [5.74, 6) is 2.10. The van der Waals surface area contributed by atoms with E-state index in [1.165, 1.54) is 38.5 Å². The summed E-state index contributed by atoms with van der Waals surface area (Å²) in [6, 6.07) is 0.505. The van der Waals surface area contributed by atoms with E-state index in [0.717, 1.165) is 12.8 Å². The molecule has 0 spiro atoms. The highest BCUT2D eigenvalue weighted by molar-refractivity contribution is 6.28. The van der Waals surface area contributed by atoms with E-state index in [1.54, 1.807) is 0 Å². The predicted molar refractivity (Wildman–Crippen MR) is 167 cm³/mol. The number of anilines is 2. The Morgan fingerprint density at radius 1 is 0.692 bits per heavy atom. The molecule has 39 heavy (non-hydrogen) atoms. The lowest BCUT2D eigenvalue weighted by Gasteiger charge is -2.58. The molecule has 224 valence electrons. The van der Waals surface area contributed by atoms with Crippen LogP contribution < -0.4 is 10.6 Å². The van der Waals surface area contributed by atoms with Crippen LogP contribution in [-0.4, -0.2) is 73.1 Å². The lowest BCUT2D eigenvalue weighted by molar-refractivity contribution is -0.0543. The van der Waals surface area contributed by atoms with Gasteiger partial charge in [-0.05, 0) is 119 Å². The number of halogens is 1. The number of piperidine rings is 2. The minimum atomic E-state index is 0.0459. The largest absolute Gasteiger partial charge is 0.351 e. The number of hydrogen-bond acceptors (Lipinski definition) is 7. The second kappa shape index (κ2) is 12.0. The van der Waals surface area contributed by atoms with Crippen molar-refractivity contribution in [2.45, 2.75) is 155 Å². The van der Waals surface area contributed by atoms with Gasteiger partial charge in [-0.25, -0.2) is 0 Å². The number of hydrogen-bond donors (Lipinski definition) is 2. The first kappa shape index (κ1) is 32.3. The molecule has 0 radical (unpaired) electrons. The van der Waals surface area contributed by atoms with Gasteiger partial charge in [0.1, 0.15) is 0 Å². The first-order valence-electron chi connectivity index (χ1n) is 15.4. The summed E-state index contributed by atoms with van der Waals surface area (Å²) in [5.41, 5.74) is 0.202. The smallest absolute Gasteiger partial charge is 0.229 e. The quantitative estimate of drug-likeness (QED) is 0.305. The SMILES string of the molecule is CCCCC1C(Nc2nc(Cl)nc(NC3CC(C)(C)N(C)C(C)(C)C3CCCC)n2)CC(C)(C)N(C)C1(C)C. The van der Waals surface area contributed by atoms with Gasteiger partial charge in [-0.3, -0.25) is 9.80 Å². The van der Waals surface area contributed by atoms with Crippen LogP contribution in [-0.2, 0) is 0 Å². The molecular weight excluding hydrogens is 506 g/mol. The van der Waals surface area contributed by atoms with Gasteiger partial charge in [0.15, 0.2) is 0 Å². The lowest BCUT2D eigenvalue weighted by atomic mass is 9.68. The molecule has 8 heteroatoms. The lowest BCUT2D eigenvalue weighted by Crippen LogP contribution is -2.66. The normalized spacial score (nSPS) is 30.2. The molecule has 2 N–H and O–H groups in total. The Morgan fingerprint density at radius 2 is 1.05 bits per heavy atom. The summed E-state index contributed by atoms with van der Waals surface area (Å²) in [6.07, 6.45) is 9.20. The molecule has 0 saturated carbocycles. The van der Waals surface area contributed by atoms with Crippen molar-refractivity contribution < 1.29 is 0 Å². The Bertz CT molecular complexity index is 888. The topological polar surface area (TPSA) is 69.2 Å². The minimum Gasteiger partial charge on any atom is -0.351 e. The molecule has 0 aliphatic carbocycles. The predicted octanol–water partition coefficient (Wildman–Crippen LogP) is 7.48. The van der Waals surface area contributed by atoms with Gasteiger partial charge in [-0.1, -0.05) is 39.5 Å². The van der Waals surface area contributed by atoms with Crippen LogP contribution in [0.2, 0.25) is 5.28 Å². The maximum Gasteiger partial charge on any atom is 0.229 e. The summed E-state index contributed by atoms with van der Waals surface area (Å²) in [5, 5.41) is 7.75. The van der Waals surface area contributed by atoms with Crippen LogP contribution in [0, 0.1) is 11.8 Å². The first-order valence-corrected chi connectivity index (χ1v) is 15.8. The van der Waals surface area contributed by atoms with E-state index in [-0.39, 0.29) is 39.5 Å². The van der Waals surface area contributed by atoms with E-state index in [4.69, 9.17) is 16.6 Å². The number of likely N-dealkylation sites (tertiary alicyclic amines) is 2. The van der Waals surface area contributed by atoms with E-state index in [9.17, 15) is 0 Å². The molecule has 4 unspecified atom stereocenters. The molecule has 0 bridgehead atoms. The molecule has 2 aliphatic heterocycles. The molecule has 3 heterocycles. The highest BCUT2D eigenvalue weighted by Gasteiger charge is 2.51. The fourth-order valence-corrected chi connectivity index (χ4v) is 7.91. The van der Waals surface area contributed by atoms with E-state index in [1.807, 2.05) is 0 Å². The molecule has 3 rings (SSSR count). The van der Waals surface area contributed by atoms with Crippen LogP contribution in [0.5, 0.6) is 0 Å². The number of unbranched alkanes of at least 4 members (excludes halogenated alkanes) is 2. The fourth-order valence-electron chi connectivity index (χ4n) is 7.75. The molecule has 2 fully saturated rings.